The van der Waals surface area contributed by atoms with Gasteiger partial charge in [0.1, 0.15) is 4.90 Å². The molecule has 0 radical (unpaired) electrons. The van der Waals surface area contributed by atoms with Gasteiger partial charge in [0.05, 0.1) is 12.7 Å². The number of aliphatic hydroxyl groups is 1. The summed E-state index contributed by atoms with van der Waals surface area (Å²) in [5.41, 5.74) is 0. The second-order valence-electron chi connectivity index (χ2n) is 4.06. The molecule has 1 rings (SSSR count). The number of rotatable bonds is 8. The van der Waals surface area contributed by atoms with Gasteiger partial charge in [0.2, 0.25) is 10.0 Å². The molecule has 0 aromatic carbocycles. The smallest absolute Gasteiger partial charge is 0.247 e. The van der Waals surface area contributed by atoms with Gasteiger partial charge in [0.25, 0.3) is 0 Å². The first kappa shape index (κ1) is 15.7. The first-order valence-electron chi connectivity index (χ1n) is 6.13. The van der Waals surface area contributed by atoms with Gasteiger partial charge in [-0.25, -0.2) is 8.42 Å². The fourth-order valence-electron chi connectivity index (χ4n) is 1.62. The lowest BCUT2D eigenvalue weighted by molar-refractivity contribution is 0.277. The predicted octanol–water partition coefficient (Wildman–Crippen LogP) is 0.299. The van der Waals surface area contributed by atoms with Crippen molar-refractivity contribution in [3.05, 3.63) is 12.4 Å². The SMILES string of the molecule is C#CCN(CCC)S(=O)(=O)c1cnn(CCCO)c1. The van der Waals surface area contributed by atoms with Crippen LogP contribution in [-0.2, 0) is 16.6 Å². The van der Waals surface area contributed by atoms with Crippen molar-refractivity contribution < 1.29 is 13.5 Å². The molecule has 1 aromatic rings. The first-order chi connectivity index (χ1) is 9.06. The van der Waals surface area contributed by atoms with E-state index in [0.717, 1.165) is 0 Å². The monoisotopic (exact) mass is 285 g/mol. The summed E-state index contributed by atoms with van der Waals surface area (Å²) in [5.74, 6) is 2.36. The van der Waals surface area contributed by atoms with Crippen LogP contribution in [0.25, 0.3) is 0 Å². The number of hydrogen-bond acceptors (Lipinski definition) is 4. The topological polar surface area (TPSA) is 75.4 Å². The van der Waals surface area contributed by atoms with Crippen molar-refractivity contribution in [3.8, 4) is 12.3 Å². The predicted molar refractivity (Wildman–Crippen MR) is 71.8 cm³/mol. The summed E-state index contributed by atoms with van der Waals surface area (Å²) in [5, 5.41) is 12.7. The molecule has 0 fully saturated rings. The van der Waals surface area contributed by atoms with Crippen molar-refractivity contribution >= 4 is 10.0 Å². The van der Waals surface area contributed by atoms with Crippen molar-refractivity contribution in [1.82, 2.24) is 14.1 Å². The third kappa shape index (κ3) is 4.06. The first-order valence-corrected chi connectivity index (χ1v) is 7.57. The van der Waals surface area contributed by atoms with Gasteiger partial charge in [-0.2, -0.15) is 9.40 Å². The average molecular weight is 285 g/mol. The summed E-state index contributed by atoms with van der Waals surface area (Å²) < 4.78 is 27.4. The van der Waals surface area contributed by atoms with Crippen LogP contribution in [0.2, 0.25) is 0 Å². The van der Waals surface area contributed by atoms with Crippen LogP contribution in [0.1, 0.15) is 19.8 Å². The van der Waals surface area contributed by atoms with Gasteiger partial charge in [-0.1, -0.05) is 12.8 Å². The van der Waals surface area contributed by atoms with Gasteiger partial charge in [-0.3, -0.25) is 4.68 Å². The molecular weight excluding hydrogens is 266 g/mol. The minimum absolute atomic E-state index is 0.0427. The van der Waals surface area contributed by atoms with Crippen LogP contribution in [0.4, 0.5) is 0 Å². The number of nitrogens with zero attached hydrogens (tertiary/aromatic N) is 3. The van der Waals surface area contributed by atoms with Gasteiger partial charge in [-0.05, 0) is 12.8 Å². The maximum Gasteiger partial charge on any atom is 0.247 e. The Kier molecular flexibility index (Phi) is 6.02. The van der Waals surface area contributed by atoms with E-state index in [1.807, 2.05) is 6.92 Å². The minimum Gasteiger partial charge on any atom is -0.396 e. The number of aliphatic hydroxyl groups excluding tert-OH is 1. The van der Waals surface area contributed by atoms with E-state index in [4.69, 9.17) is 11.5 Å². The van der Waals surface area contributed by atoms with Crippen molar-refractivity contribution in [2.24, 2.45) is 0 Å². The van der Waals surface area contributed by atoms with Gasteiger partial charge in [-0.15, -0.1) is 6.42 Å². The summed E-state index contributed by atoms with van der Waals surface area (Å²) in [6.45, 7) is 2.85. The van der Waals surface area contributed by atoms with Crippen LogP contribution in [-0.4, -0.2) is 47.3 Å². The van der Waals surface area contributed by atoms with E-state index < -0.39 is 10.0 Å². The maximum atomic E-state index is 12.3. The summed E-state index contributed by atoms with van der Waals surface area (Å²) in [6, 6.07) is 0. The Balaban J connectivity index is 2.91. The van der Waals surface area contributed by atoms with Gasteiger partial charge < -0.3 is 5.11 Å². The highest BCUT2D eigenvalue weighted by Crippen LogP contribution is 2.15. The lowest BCUT2D eigenvalue weighted by Gasteiger charge is -2.17. The average Bonchev–Trinajstić information content (AvgIpc) is 2.85. The van der Waals surface area contributed by atoms with Crippen LogP contribution < -0.4 is 0 Å². The molecule has 0 aliphatic rings. The fraction of sp³-hybridized carbons (Fsp3) is 0.583. The Hall–Kier alpha value is -1.36. The van der Waals surface area contributed by atoms with Crippen molar-refractivity contribution in [3.63, 3.8) is 0 Å². The van der Waals surface area contributed by atoms with Crippen molar-refractivity contribution in [2.75, 3.05) is 19.7 Å². The molecule has 0 atom stereocenters. The lowest BCUT2D eigenvalue weighted by atomic mass is 10.5. The van der Waals surface area contributed by atoms with Crippen LogP contribution in [0.3, 0.4) is 0 Å². The van der Waals surface area contributed by atoms with Crippen molar-refractivity contribution in [2.45, 2.75) is 31.2 Å². The zero-order valence-electron chi connectivity index (χ0n) is 11.0. The van der Waals surface area contributed by atoms with Crippen LogP contribution in [0.5, 0.6) is 0 Å². The second kappa shape index (κ2) is 7.28. The summed E-state index contributed by atoms with van der Waals surface area (Å²) in [4.78, 5) is 0.133. The maximum absolute atomic E-state index is 12.3. The molecule has 0 saturated carbocycles. The molecule has 0 saturated heterocycles. The molecule has 1 heterocycles. The molecule has 7 heteroatoms. The quantitative estimate of drug-likeness (QED) is 0.697. The molecule has 0 unspecified atom stereocenters. The zero-order chi connectivity index (χ0) is 14.3. The Morgan fingerprint density at radius 1 is 1.58 bits per heavy atom. The van der Waals surface area contributed by atoms with E-state index in [2.05, 4.69) is 11.0 Å². The molecule has 0 amide bonds. The summed E-state index contributed by atoms with van der Waals surface area (Å²) >= 11 is 0. The third-order valence-electron chi connectivity index (χ3n) is 2.53. The molecule has 106 valence electrons. The third-order valence-corrected chi connectivity index (χ3v) is 4.33. The Bertz CT molecular complexity index is 531. The van der Waals surface area contributed by atoms with Gasteiger partial charge >= 0.3 is 0 Å². The zero-order valence-corrected chi connectivity index (χ0v) is 11.8. The van der Waals surface area contributed by atoms with Crippen LogP contribution >= 0.6 is 0 Å². The van der Waals surface area contributed by atoms with Crippen LogP contribution in [0.15, 0.2) is 17.3 Å². The highest BCUT2D eigenvalue weighted by Gasteiger charge is 2.24. The molecule has 1 N–H and O–H groups in total. The largest absolute Gasteiger partial charge is 0.396 e. The van der Waals surface area contributed by atoms with E-state index >= 15 is 0 Å². The number of aryl methyl sites for hydroxylation is 1. The lowest BCUT2D eigenvalue weighted by Crippen LogP contribution is -2.32. The normalized spacial score (nSPS) is 11.7. The molecule has 0 bridgehead atoms. The van der Waals surface area contributed by atoms with Crippen LogP contribution in [0, 0.1) is 12.3 Å². The summed E-state index contributed by atoms with van der Waals surface area (Å²) in [6.07, 6.45) is 9.20. The fourth-order valence-corrected chi connectivity index (χ4v) is 3.02. The summed E-state index contributed by atoms with van der Waals surface area (Å²) in [7, 11) is -3.58. The minimum atomic E-state index is -3.58. The standard InChI is InChI=1S/C12H19N3O3S/c1-3-6-15(7-4-2)19(17,18)12-10-13-14(11-12)8-5-9-16/h1,10-11,16H,4-9H2,2H3. The Morgan fingerprint density at radius 2 is 2.32 bits per heavy atom. The second-order valence-corrected chi connectivity index (χ2v) is 6.00. The number of sulfonamides is 1. The Morgan fingerprint density at radius 3 is 2.89 bits per heavy atom. The molecule has 1 aromatic heterocycles. The highest BCUT2D eigenvalue weighted by molar-refractivity contribution is 7.89. The van der Waals surface area contributed by atoms with Crippen molar-refractivity contribution in [1.29, 1.82) is 0 Å². The molecule has 0 aliphatic carbocycles. The van der Waals surface area contributed by atoms with Gasteiger partial charge in [0, 0.05) is 25.9 Å². The molecular formula is C12H19N3O3S. The molecule has 19 heavy (non-hydrogen) atoms. The van der Waals surface area contributed by atoms with E-state index in [0.29, 0.717) is 25.9 Å². The number of hydrogen-bond donors (Lipinski definition) is 1. The Labute approximate surface area is 114 Å². The van der Waals surface area contributed by atoms with E-state index in [-0.39, 0.29) is 18.0 Å². The molecule has 6 nitrogen and oxygen atoms in total. The molecule has 0 aliphatic heterocycles. The number of terminal acetylenes is 1. The van der Waals surface area contributed by atoms with Gasteiger partial charge in [0.15, 0.2) is 0 Å². The van der Waals surface area contributed by atoms with E-state index in [1.165, 1.54) is 21.4 Å². The highest BCUT2D eigenvalue weighted by atomic mass is 32.2. The van der Waals surface area contributed by atoms with E-state index in [1.54, 1.807) is 0 Å². The molecule has 0 spiro atoms. The van der Waals surface area contributed by atoms with E-state index in [9.17, 15) is 8.42 Å². The number of aromatic nitrogens is 2.